The molecule has 0 bridgehead atoms. The van der Waals surface area contributed by atoms with E-state index in [1.807, 2.05) is 13.8 Å². The van der Waals surface area contributed by atoms with Crippen LogP contribution in [0.5, 0.6) is 0 Å². The van der Waals surface area contributed by atoms with Crippen LogP contribution >= 0.6 is 11.6 Å². The highest BCUT2D eigenvalue weighted by atomic mass is 35.5. The third-order valence-electron chi connectivity index (χ3n) is 3.66. The molecule has 6 heteroatoms. The van der Waals surface area contributed by atoms with Crippen molar-refractivity contribution in [2.24, 2.45) is 5.92 Å². The third-order valence-corrected chi connectivity index (χ3v) is 3.95. The van der Waals surface area contributed by atoms with E-state index in [-0.39, 0.29) is 28.4 Å². The molecule has 0 spiro atoms. The number of nitrogens with one attached hydrogen (secondary N) is 1. The lowest BCUT2D eigenvalue weighted by atomic mass is 9.96. The molecule has 1 fully saturated rings. The predicted molar refractivity (Wildman–Crippen MR) is 79.7 cm³/mol. The maximum Gasteiger partial charge on any atom is 0.250 e. The van der Waals surface area contributed by atoms with E-state index in [1.54, 1.807) is 13.0 Å². The fourth-order valence-electron chi connectivity index (χ4n) is 2.52. The van der Waals surface area contributed by atoms with Gasteiger partial charge in [0.1, 0.15) is 12.1 Å². The van der Waals surface area contributed by atoms with Crippen LogP contribution in [0.15, 0.2) is 18.2 Å². The molecular weight excluding hydrogens is 295 g/mol. The first-order valence-corrected chi connectivity index (χ1v) is 7.33. The summed E-state index contributed by atoms with van der Waals surface area (Å²) < 4.78 is 14.3. The van der Waals surface area contributed by atoms with Gasteiger partial charge in [0.2, 0.25) is 5.91 Å². The van der Waals surface area contributed by atoms with Crippen molar-refractivity contribution in [2.75, 3.05) is 4.90 Å². The van der Waals surface area contributed by atoms with Gasteiger partial charge in [0.15, 0.2) is 5.82 Å². The van der Waals surface area contributed by atoms with Crippen LogP contribution in [0.2, 0.25) is 5.02 Å². The molecule has 0 saturated carbocycles. The van der Waals surface area contributed by atoms with Crippen LogP contribution in [0.4, 0.5) is 10.1 Å². The lowest BCUT2D eigenvalue weighted by molar-refractivity contribution is -0.135. The van der Waals surface area contributed by atoms with Crippen LogP contribution in [0.25, 0.3) is 0 Å². The van der Waals surface area contributed by atoms with Gasteiger partial charge in [-0.1, -0.05) is 38.4 Å². The van der Waals surface area contributed by atoms with Crippen molar-refractivity contribution in [3.63, 3.8) is 0 Å². The molecule has 0 radical (unpaired) electrons. The number of halogens is 2. The Bertz CT molecular complexity index is 577. The zero-order valence-electron chi connectivity index (χ0n) is 12.2. The molecule has 0 aliphatic carbocycles. The van der Waals surface area contributed by atoms with Gasteiger partial charge in [-0.3, -0.25) is 14.5 Å². The van der Waals surface area contributed by atoms with Gasteiger partial charge in [-0.25, -0.2) is 4.39 Å². The van der Waals surface area contributed by atoms with E-state index in [9.17, 15) is 14.0 Å². The number of benzene rings is 1. The molecule has 0 aromatic heterocycles. The van der Waals surface area contributed by atoms with Gasteiger partial charge in [-0.2, -0.15) is 0 Å². The number of carbonyl (C=O) groups is 2. The molecule has 1 heterocycles. The van der Waals surface area contributed by atoms with Gasteiger partial charge in [0.05, 0.1) is 10.7 Å². The van der Waals surface area contributed by atoms with Gasteiger partial charge in [0.25, 0.3) is 5.91 Å². The number of rotatable bonds is 3. The van der Waals surface area contributed by atoms with Crippen LogP contribution in [-0.2, 0) is 9.59 Å². The summed E-state index contributed by atoms with van der Waals surface area (Å²) in [6, 6.07) is 3.07. The normalized spacial score (nSPS) is 22.7. The molecule has 2 unspecified atom stereocenters. The Labute approximate surface area is 128 Å². The van der Waals surface area contributed by atoms with Gasteiger partial charge < -0.3 is 5.32 Å². The average molecular weight is 313 g/mol. The minimum atomic E-state index is -0.722. The highest BCUT2D eigenvalue weighted by Gasteiger charge is 2.42. The van der Waals surface area contributed by atoms with Crippen LogP contribution < -0.4 is 10.2 Å². The Balaban J connectivity index is 2.52. The summed E-state index contributed by atoms with van der Waals surface area (Å²) in [6.45, 7) is 5.45. The summed E-state index contributed by atoms with van der Waals surface area (Å²) in [5.41, 5.74) is 0.0554. The van der Waals surface area contributed by atoms with Crippen LogP contribution in [0.3, 0.4) is 0 Å². The van der Waals surface area contributed by atoms with Gasteiger partial charge in [-0.05, 0) is 24.5 Å². The first-order valence-electron chi connectivity index (χ1n) is 6.96. The molecule has 2 amide bonds. The summed E-state index contributed by atoms with van der Waals surface area (Å²) >= 11 is 5.79. The summed E-state index contributed by atoms with van der Waals surface area (Å²) in [5, 5.41) is 2.65. The summed E-state index contributed by atoms with van der Waals surface area (Å²) in [5.74, 6) is -1.33. The molecule has 1 aliphatic rings. The molecule has 4 nitrogen and oxygen atoms in total. The zero-order valence-corrected chi connectivity index (χ0v) is 12.9. The second kappa shape index (κ2) is 6.02. The second-order valence-corrected chi connectivity index (χ2v) is 5.84. The molecule has 1 aromatic carbocycles. The van der Waals surface area contributed by atoms with Crippen molar-refractivity contribution in [3.8, 4) is 0 Å². The fourth-order valence-corrected chi connectivity index (χ4v) is 2.69. The van der Waals surface area contributed by atoms with E-state index < -0.39 is 17.9 Å². The number of hydrogen-bond donors (Lipinski definition) is 1. The molecule has 2 atom stereocenters. The fraction of sp³-hybridized carbons (Fsp3) is 0.467. The number of nitrogens with zero attached hydrogens (tertiary/aromatic N) is 1. The Hall–Kier alpha value is -1.62. The largest absolute Gasteiger partial charge is 0.342 e. The smallest absolute Gasteiger partial charge is 0.250 e. The Kier molecular flexibility index (Phi) is 4.52. The lowest BCUT2D eigenvalue weighted by Gasteiger charge is -2.40. The van der Waals surface area contributed by atoms with E-state index in [4.69, 9.17) is 11.6 Å². The van der Waals surface area contributed by atoms with Crippen LogP contribution in [0, 0.1) is 11.7 Å². The van der Waals surface area contributed by atoms with Crippen molar-refractivity contribution < 1.29 is 14.0 Å². The van der Waals surface area contributed by atoms with E-state index >= 15 is 0 Å². The maximum atomic E-state index is 14.3. The topological polar surface area (TPSA) is 49.4 Å². The molecule has 1 N–H and O–H groups in total. The van der Waals surface area contributed by atoms with Crippen molar-refractivity contribution in [1.82, 2.24) is 5.32 Å². The first kappa shape index (κ1) is 15.8. The minimum Gasteiger partial charge on any atom is -0.342 e. The molecule has 1 aliphatic heterocycles. The zero-order chi connectivity index (χ0) is 15.7. The number of carbonyl (C=O) groups excluding carboxylic acids is 2. The van der Waals surface area contributed by atoms with Crippen molar-refractivity contribution >= 4 is 29.1 Å². The number of amides is 2. The average Bonchev–Trinajstić information content (AvgIpc) is 2.43. The second-order valence-electron chi connectivity index (χ2n) is 5.44. The Morgan fingerprint density at radius 2 is 2.05 bits per heavy atom. The van der Waals surface area contributed by atoms with E-state index in [1.165, 1.54) is 17.0 Å². The van der Waals surface area contributed by atoms with Crippen molar-refractivity contribution in [3.05, 3.63) is 29.0 Å². The summed E-state index contributed by atoms with van der Waals surface area (Å²) in [7, 11) is 0. The highest BCUT2D eigenvalue weighted by molar-refractivity contribution is 6.31. The molecule has 1 aromatic rings. The van der Waals surface area contributed by atoms with Crippen LogP contribution in [-0.4, -0.2) is 23.9 Å². The van der Waals surface area contributed by atoms with Gasteiger partial charge in [0, 0.05) is 0 Å². The van der Waals surface area contributed by atoms with Crippen molar-refractivity contribution in [2.45, 2.75) is 39.3 Å². The standard InChI is InChI=1S/C15H18ClFN2O2/c1-4-10-14(20)18-13(8(2)3)15(21)19(10)11-7-5-6-9(16)12(11)17/h5-8,10,13H,4H2,1-3H3,(H,18,20). The van der Waals surface area contributed by atoms with Gasteiger partial charge >= 0.3 is 0 Å². The quantitative estimate of drug-likeness (QED) is 0.933. The lowest BCUT2D eigenvalue weighted by Crippen LogP contribution is -2.65. The molecule has 2 rings (SSSR count). The summed E-state index contributed by atoms with van der Waals surface area (Å²) in [6.07, 6.45) is 0.397. The predicted octanol–water partition coefficient (Wildman–Crippen LogP) is 2.75. The molecular formula is C15H18ClFN2O2. The number of piperazine rings is 1. The summed E-state index contributed by atoms with van der Waals surface area (Å²) in [4.78, 5) is 26.1. The molecule has 21 heavy (non-hydrogen) atoms. The number of hydrogen-bond acceptors (Lipinski definition) is 2. The molecule has 114 valence electrons. The SMILES string of the molecule is CCC1C(=O)NC(C(C)C)C(=O)N1c1cccc(Cl)c1F. The number of anilines is 1. The van der Waals surface area contributed by atoms with E-state index in [0.29, 0.717) is 6.42 Å². The maximum absolute atomic E-state index is 14.3. The van der Waals surface area contributed by atoms with Gasteiger partial charge in [-0.15, -0.1) is 0 Å². The van der Waals surface area contributed by atoms with Crippen molar-refractivity contribution in [1.29, 1.82) is 0 Å². The Morgan fingerprint density at radius 1 is 1.38 bits per heavy atom. The molecule has 1 saturated heterocycles. The first-order chi connectivity index (χ1) is 9.88. The van der Waals surface area contributed by atoms with E-state index in [0.717, 1.165) is 0 Å². The Morgan fingerprint density at radius 3 is 2.62 bits per heavy atom. The highest BCUT2D eigenvalue weighted by Crippen LogP contribution is 2.30. The minimum absolute atomic E-state index is 0.0554. The van der Waals surface area contributed by atoms with Crippen LogP contribution in [0.1, 0.15) is 27.2 Å². The third kappa shape index (κ3) is 2.75. The van der Waals surface area contributed by atoms with E-state index in [2.05, 4.69) is 5.32 Å². The monoisotopic (exact) mass is 312 g/mol.